The molecule has 0 bridgehead atoms. The number of hydrogen-bond donors (Lipinski definition) is 2. The van der Waals surface area contributed by atoms with E-state index < -0.39 is 0 Å². The van der Waals surface area contributed by atoms with Gasteiger partial charge >= 0.3 is 0 Å². The van der Waals surface area contributed by atoms with Crippen LogP contribution in [-0.4, -0.2) is 27.0 Å². The van der Waals surface area contributed by atoms with Gasteiger partial charge in [-0.15, -0.1) is 11.3 Å². The fourth-order valence-corrected chi connectivity index (χ4v) is 4.32. The second kappa shape index (κ2) is 9.81. The fraction of sp³-hybridized carbons (Fsp3) is 0.296. The quantitative estimate of drug-likeness (QED) is 0.326. The van der Waals surface area contributed by atoms with Crippen molar-refractivity contribution in [2.24, 2.45) is 0 Å². The van der Waals surface area contributed by atoms with Crippen LogP contribution in [-0.2, 0) is 0 Å². The smallest absolute Gasteiger partial charge is 0.130 e. The molecule has 0 saturated heterocycles. The summed E-state index contributed by atoms with van der Waals surface area (Å²) in [6, 6.07) is 17.0. The normalized spacial score (nSPS) is 13.0. The van der Waals surface area contributed by atoms with Gasteiger partial charge in [0.05, 0.1) is 21.4 Å². The van der Waals surface area contributed by atoms with Crippen LogP contribution in [0.5, 0.6) is 0 Å². The van der Waals surface area contributed by atoms with Crippen LogP contribution in [0.15, 0.2) is 60.1 Å². The third-order valence-corrected chi connectivity index (χ3v) is 6.09. The number of aromatic nitrogens is 3. The van der Waals surface area contributed by atoms with E-state index in [2.05, 4.69) is 102 Å². The van der Waals surface area contributed by atoms with Gasteiger partial charge in [0.25, 0.3) is 0 Å². The summed E-state index contributed by atoms with van der Waals surface area (Å²) >= 11 is 1.64. The Morgan fingerprint density at radius 3 is 2.73 bits per heavy atom. The zero-order valence-corrected chi connectivity index (χ0v) is 20.7. The van der Waals surface area contributed by atoms with Crippen molar-refractivity contribution in [1.82, 2.24) is 20.3 Å². The molecular formula is C27H31N5S. The van der Waals surface area contributed by atoms with Gasteiger partial charge in [-0.05, 0) is 63.9 Å². The number of hydrogen-bond acceptors (Lipinski definition) is 6. The molecule has 0 aliphatic heterocycles. The van der Waals surface area contributed by atoms with Crippen LogP contribution in [0.2, 0.25) is 0 Å². The number of aryl methyl sites for hydroxylation is 1. The van der Waals surface area contributed by atoms with Gasteiger partial charge in [0.2, 0.25) is 0 Å². The van der Waals surface area contributed by atoms with Crippen LogP contribution in [0.4, 0.5) is 5.82 Å². The maximum Gasteiger partial charge on any atom is 0.130 e. The lowest BCUT2D eigenvalue weighted by Gasteiger charge is -2.19. The lowest BCUT2D eigenvalue weighted by atomic mass is 10.0. The van der Waals surface area contributed by atoms with Gasteiger partial charge in [0, 0.05) is 29.8 Å². The van der Waals surface area contributed by atoms with Crippen LogP contribution in [0.25, 0.3) is 27.6 Å². The minimum atomic E-state index is 0.108. The summed E-state index contributed by atoms with van der Waals surface area (Å²) < 4.78 is 1.16. The molecular weight excluding hydrogens is 426 g/mol. The number of anilines is 1. The number of benzene rings is 2. The van der Waals surface area contributed by atoms with Crippen LogP contribution >= 0.6 is 11.3 Å². The van der Waals surface area contributed by atoms with Crippen molar-refractivity contribution < 1.29 is 0 Å². The van der Waals surface area contributed by atoms with Crippen LogP contribution < -0.4 is 10.6 Å². The van der Waals surface area contributed by atoms with E-state index in [9.17, 15) is 0 Å². The lowest BCUT2D eigenvalue weighted by Crippen LogP contribution is -2.35. The zero-order valence-electron chi connectivity index (χ0n) is 19.9. The second-order valence-electron chi connectivity index (χ2n) is 9.29. The minimum absolute atomic E-state index is 0.108. The molecule has 1 atom stereocenters. The largest absolute Gasteiger partial charge is 0.363 e. The van der Waals surface area contributed by atoms with Crippen LogP contribution in [0.1, 0.15) is 50.7 Å². The molecule has 1 unspecified atom stereocenters. The third-order valence-electron chi connectivity index (χ3n) is 5.30. The highest BCUT2D eigenvalue weighted by molar-refractivity contribution is 7.16. The average molecular weight is 458 g/mol. The summed E-state index contributed by atoms with van der Waals surface area (Å²) in [6.07, 6.45) is 4.33. The Hall–Kier alpha value is -3.09. The van der Waals surface area contributed by atoms with Gasteiger partial charge in [-0.3, -0.25) is 0 Å². The average Bonchev–Trinajstić information content (AvgIpc) is 3.24. The summed E-state index contributed by atoms with van der Waals surface area (Å²) in [7, 11) is 0. The van der Waals surface area contributed by atoms with E-state index in [0.717, 1.165) is 39.7 Å². The minimum Gasteiger partial charge on any atom is -0.363 e. The van der Waals surface area contributed by atoms with Gasteiger partial charge in [-0.2, -0.15) is 0 Å². The predicted molar refractivity (Wildman–Crippen MR) is 141 cm³/mol. The number of fused-ring (bicyclic) bond motifs is 1. The van der Waals surface area contributed by atoms with Gasteiger partial charge in [0.1, 0.15) is 11.6 Å². The summed E-state index contributed by atoms with van der Waals surface area (Å²) in [5.74, 6) is 1.57. The lowest BCUT2D eigenvalue weighted by molar-refractivity contribution is 0.450. The highest BCUT2D eigenvalue weighted by Gasteiger charge is 2.11. The van der Waals surface area contributed by atoms with E-state index in [1.807, 2.05) is 24.6 Å². The van der Waals surface area contributed by atoms with Crippen molar-refractivity contribution >= 4 is 33.4 Å². The highest BCUT2D eigenvalue weighted by Crippen LogP contribution is 2.27. The monoisotopic (exact) mass is 457 g/mol. The van der Waals surface area contributed by atoms with E-state index in [4.69, 9.17) is 0 Å². The number of rotatable bonds is 7. The summed E-state index contributed by atoms with van der Waals surface area (Å²) in [5.41, 5.74) is 7.40. The van der Waals surface area contributed by atoms with Gasteiger partial charge in [-0.25, -0.2) is 15.0 Å². The molecule has 0 aliphatic carbocycles. The molecule has 0 amide bonds. The van der Waals surface area contributed by atoms with Crippen molar-refractivity contribution in [2.75, 3.05) is 11.9 Å². The van der Waals surface area contributed by atoms with E-state index in [-0.39, 0.29) is 11.6 Å². The Morgan fingerprint density at radius 1 is 1.06 bits per heavy atom. The second-order valence-corrected chi connectivity index (χ2v) is 10.2. The van der Waals surface area contributed by atoms with Gasteiger partial charge in [0.15, 0.2) is 0 Å². The first-order valence-electron chi connectivity index (χ1n) is 11.2. The molecule has 4 aromatic rings. The van der Waals surface area contributed by atoms with Crippen molar-refractivity contribution in [3.63, 3.8) is 0 Å². The molecule has 5 nitrogen and oxygen atoms in total. The molecule has 4 rings (SSSR count). The number of nitrogens with one attached hydrogen (secondary N) is 2. The summed E-state index contributed by atoms with van der Waals surface area (Å²) in [6.45, 7) is 11.5. The summed E-state index contributed by atoms with van der Waals surface area (Å²) in [5, 5.41) is 7.04. The van der Waals surface area contributed by atoms with Gasteiger partial charge in [-0.1, -0.05) is 36.4 Å². The molecule has 2 N–H and O–H groups in total. The first-order chi connectivity index (χ1) is 15.8. The molecule has 0 fully saturated rings. The maximum atomic E-state index is 4.67. The Kier molecular flexibility index (Phi) is 6.86. The molecule has 6 heteroatoms. The van der Waals surface area contributed by atoms with E-state index in [0.29, 0.717) is 0 Å². The highest BCUT2D eigenvalue weighted by atomic mass is 32.1. The van der Waals surface area contributed by atoms with Crippen LogP contribution in [0.3, 0.4) is 0 Å². The molecule has 2 aromatic heterocycles. The molecule has 170 valence electrons. The first kappa shape index (κ1) is 23.1. The third kappa shape index (κ3) is 6.24. The molecule has 0 spiro atoms. The molecule has 0 saturated carbocycles. The van der Waals surface area contributed by atoms with Crippen LogP contribution in [0, 0.1) is 6.92 Å². The fourth-order valence-electron chi connectivity index (χ4n) is 3.60. The Bertz CT molecular complexity index is 1270. The van der Waals surface area contributed by atoms with Crippen molar-refractivity contribution in [3.05, 3.63) is 77.1 Å². The standard InChI is InChI=1S/C27H31N5S/c1-18(21-10-6-8-20(14-21)9-7-13-29-27(3,4)5)30-26-16-24(31-19(2)32-26)22-11-12-23-25(15-22)33-17-28-23/h6-12,14-18,29H,13H2,1-5H3,(H,30,31,32). The SMILES string of the molecule is Cc1nc(NC(C)c2cccc(C=CCNC(C)(C)C)c2)cc(-c2ccc3ncsc3c2)n1. The first-order valence-corrected chi connectivity index (χ1v) is 12.1. The van der Waals surface area contributed by atoms with Crippen molar-refractivity contribution in [2.45, 2.75) is 46.2 Å². The Morgan fingerprint density at radius 2 is 1.91 bits per heavy atom. The Balaban J connectivity index is 1.49. The van der Waals surface area contributed by atoms with E-state index >= 15 is 0 Å². The summed E-state index contributed by atoms with van der Waals surface area (Å²) in [4.78, 5) is 13.7. The maximum absolute atomic E-state index is 4.67. The molecule has 2 aromatic carbocycles. The predicted octanol–water partition coefficient (Wildman–Crippen LogP) is 6.64. The van der Waals surface area contributed by atoms with Crippen molar-refractivity contribution in [3.8, 4) is 11.3 Å². The van der Waals surface area contributed by atoms with Gasteiger partial charge < -0.3 is 10.6 Å². The molecule has 2 heterocycles. The Labute approximate surface area is 200 Å². The molecule has 0 aliphatic rings. The van der Waals surface area contributed by atoms with Crippen molar-refractivity contribution in [1.29, 1.82) is 0 Å². The van der Waals surface area contributed by atoms with E-state index in [1.165, 1.54) is 11.1 Å². The zero-order chi connectivity index (χ0) is 23.4. The molecule has 0 radical (unpaired) electrons. The van der Waals surface area contributed by atoms with E-state index in [1.54, 1.807) is 11.3 Å². The molecule has 33 heavy (non-hydrogen) atoms. The number of thiazole rings is 1. The topological polar surface area (TPSA) is 62.7 Å². The number of nitrogens with zero attached hydrogens (tertiary/aromatic N) is 3.